The Balaban J connectivity index is 1.44. The fourth-order valence-corrected chi connectivity index (χ4v) is 4.32. The Morgan fingerprint density at radius 2 is 1.67 bits per heavy atom. The number of pyridine rings is 1. The normalized spacial score (nSPS) is 13.1. The number of aryl methyl sites for hydroxylation is 1. The predicted molar refractivity (Wildman–Crippen MR) is 123 cm³/mol. The molecule has 4 rings (SSSR count). The second-order valence-corrected chi connectivity index (χ2v) is 8.22. The summed E-state index contributed by atoms with van der Waals surface area (Å²) in [5.74, 6) is -1.02. The van der Waals surface area contributed by atoms with Crippen LogP contribution in [-0.4, -0.2) is 39.9 Å². The molecule has 1 heterocycles. The summed E-state index contributed by atoms with van der Waals surface area (Å²) in [6.07, 6.45) is -0.361. The highest BCUT2D eigenvalue weighted by Gasteiger charge is 2.29. The van der Waals surface area contributed by atoms with Crippen molar-refractivity contribution in [3.8, 4) is 16.9 Å². The maximum Gasteiger partial charge on any atom is 0.407 e. The predicted octanol–water partition coefficient (Wildman–Crippen LogP) is 4.41. The first-order valence-electron chi connectivity index (χ1n) is 10.9. The number of aromatic hydroxyl groups is 1. The molecule has 1 aliphatic carbocycles. The van der Waals surface area contributed by atoms with Crippen LogP contribution in [0.15, 0.2) is 60.7 Å². The van der Waals surface area contributed by atoms with Crippen LogP contribution in [0.3, 0.4) is 0 Å². The molecule has 0 spiro atoms. The van der Waals surface area contributed by atoms with Crippen molar-refractivity contribution in [1.29, 1.82) is 0 Å². The second-order valence-electron chi connectivity index (χ2n) is 8.22. The number of hydrogen-bond donors (Lipinski definition) is 3. The summed E-state index contributed by atoms with van der Waals surface area (Å²) >= 11 is 0. The summed E-state index contributed by atoms with van der Waals surface area (Å²) in [6.45, 7) is 1.97. The number of amides is 1. The molecule has 170 valence electrons. The highest BCUT2D eigenvalue weighted by molar-refractivity contribution is 5.79. The molecule has 7 heteroatoms. The molecule has 0 saturated carbocycles. The summed E-state index contributed by atoms with van der Waals surface area (Å²) in [4.78, 5) is 28.1. The molecule has 1 unspecified atom stereocenters. The van der Waals surface area contributed by atoms with Crippen LogP contribution in [0, 0.1) is 6.92 Å². The van der Waals surface area contributed by atoms with Gasteiger partial charge in [-0.05, 0) is 47.7 Å². The van der Waals surface area contributed by atoms with Gasteiger partial charge in [-0.1, -0.05) is 48.5 Å². The Hall–Kier alpha value is -3.87. The third-order valence-electron chi connectivity index (χ3n) is 5.90. The van der Waals surface area contributed by atoms with E-state index in [1.54, 1.807) is 19.1 Å². The minimum Gasteiger partial charge on any atom is -0.506 e. The molecular weight excluding hydrogens is 420 g/mol. The van der Waals surface area contributed by atoms with Crippen molar-refractivity contribution in [2.24, 2.45) is 0 Å². The van der Waals surface area contributed by atoms with Crippen LogP contribution in [0.2, 0.25) is 0 Å². The maximum atomic E-state index is 12.7. The highest BCUT2D eigenvalue weighted by Crippen LogP contribution is 2.44. The third kappa shape index (κ3) is 5.14. The molecule has 0 aliphatic heterocycles. The van der Waals surface area contributed by atoms with Gasteiger partial charge < -0.3 is 20.3 Å². The number of aliphatic carboxylic acids is 1. The molecule has 3 aromatic rings. The van der Waals surface area contributed by atoms with E-state index in [0.29, 0.717) is 5.69 Å². The number of carbonyl (C=O) groups is 2. The Morgan fingerprint density at radius 1 is 1.03 bits per heavy atom. The molecule has 0 radical (unpaired) electrons. The van der Waals surface area contributed by atoms with Crippen LogP contribution in [0.25, 0.3) is 11.1 Å². The zero-order chi connectivity index (χ0) is 23.4. The lowest BCUT2D eigenvalue weighted by Gasteiger charge is -2.20. The topological polar surface area (TPSA) is 109 Å². The number of benzene rings is 2. The molecule has 7 nitrogen and oxygen atoms in total. The smallest absolute Gasteiger partial charge is 0.407 e. The lowest BCUT2D eigenvalue weighted by atomic mass is 9.98. The first kappa shape index (κ1) is 22.3. The first-order chi connectivity index (χ1) is 15.9. The molecular formula is C26H26N2O5. The van der Waals surface area contributed by atoms with Gasteiger partial charge in [0.2, 0.25) is 0 Å². The number of hydrogen-bond acceptors (Lipinski definition) is 5. The van der Waals surface area contributed by atoms with Crippen LogP contribution in [0.4, 0.5) is 4.79 Å². The largest absolute Gasteiger partial charge is 0.506 e. The van der Waals surface area contributed by atoms with Gasteiger partial charge in [0.05, 0.1) is 5.69 Å². The number of carbonyl (C=O) groups excluding carboxylic acids is 1. The average molecular weight is 447 g/mol. The van der Waals surface area contributed by atoms with Gasteiger partial charge in [0.25, 0.3) is 0 Å². The number of aromatic nitrogens is 1. The summed E-state index contributed by atoms with van der Waals surface area (Å²) in [5, 5.41) is 22.0. The monoisotopic (exact) mass is 446 g/mol. The van der Waals surface area contributed by atoms with Crippen molar-refractivity contribution >= 4 is 12.1 Å². The number of nitrogens with zero attached hydrogens (tertiary/aromatic N) is 1. The molecule has 0 saturated heterocycles. The lowest BCUT2D eigenvalue weighted by molar-refractivity contribution is -0.137. The Morgan fingerprint density at radius 3 is 2.30 bits per heavy atom. The third-order valence-corrected chi connectivity index (χ3v) is 5.90. The number of alkyl carbamates (subject to hydrolysis) is 1. The minimum absolute atomic E-state index is 0.00950. The average Bonchev–Trinajstić information content (AvgIpc) is 3.12. The van der Waals surface area contributed by atoms with Gasteiger partial charge >= 0.3 is 12.1 Å². The van der Waals surface area contributed by atoms with Crippen LogP contribution in [0.1, 0.15) is 41.3 Å². The van der Waals surface area contributed by atoms with Gasteiger partial charge in [-0.3, -0.25) is 9.78 Å². The highest BCUT2D eigenvalue weighted by atomic mass is 16.5. The number of carboxylic acid groups (broad SMARTS) is 1. The van der Waals surface area contributed by atoms with Crippen molar-refractivity contribution < 1.29 is 24.5 Å². The summed E-state index contributed by atoms with van der Waals surface area (Å²) in [6, 6.07) is 18.8. The fraction of sp³-hybridized carbons (Fsp3) is 0.269. The molecule has 3 N–H and O–H groups in total. The standard InChI is InChI=1S/C26H26N2O5/c1-16-10-12-24(29)23(27-16)14-17(11-13-25(30)31)28-26(32)33-15-22-20-8-4-2-6-18(20)19-7-3-5-9-21(19)22/h2-10,12,17,22,29H,11,13-15H2,1H3,(H,28,32)(H,30,31). The first-order valence-corrected chi connectivity index (χ1v) is 10.9. The number of carboxylic acids is 1. The Labute approximate surface area is 192 Å². The summed E-state index contributed by atoms with van der Waals surface area (Å²) < 4.78 is 5.59. The number of rotatable bonds is 8. The molecule has 1 amide bonds. The quantitative estimate of drug-likeness (QED) is 0.473. The van der Waals surface area contributed by atoms with Gasteiger partial charge in [-0.25, -0.2) is 4.79 Å². The zero-order valence-corrected chi connectivity index (χ0v) is 18.3. The van der Waals surface area contributed by atoms with Crippen molar-refractivity contribution in [2.75, 3.05) is 6.61 Å². The van der Waals surface area contributed by atoms with Crippen molar-refractivity contribution in [3.05, 3.63) is 83.2 Å². The van der Waals surface area contributed by atoms with Crippen LogP contribution < -0.4 is 5.32 Å². The van der Waals surface area contributed by atoms with E-state index in [1.807, 2.05) is 36.4 Å². The van der Waals surface area contributed by atoms with Crippen LogP contribution >= 0.6 is 0 Å². The van der Waals surface area contributed by atoms with Gasteiger partial charge in [0, 0.05) is 30.5 Å². The summed E-state index contributed by atoms with van der Waals surface area (Å²) in [7, 11) is 0. The molecule has 1 atom stereocenters. The minimum atomic E-state index is -0.962. The Kier molecular flexibility index (Phi) is 6.58. The van der Waals surface area contributed by atoms with E-state index >= 15 is 0 Å². The number of fused-ring (bicyclic) bond motifs is 3. The second kappa shape index (κ2) is 9.73. The van der Waals surface area contributed by atoms with Gasteiger partial charge in [-0.15, -0.1) is 0 Å². The van der Waals surface area contributed by atoms with E-state index in [2.05, 4.69) is 22.4 Å². The number of ether oxygens (including phenoxy) is 1. The van der Waals surface area contributed by atoms with E-state index < -0.39 is 18.1 Å². The maximum absolute atomic E-state index is 12.7. The van der Waals surface area contributed by atoms with E-state index in [4.69, 9.17) is 9.84 Å². The van der Waals surface area contributed by atoms with E-state index in [9.17, 15) is 14.7 Å². The molecule has 33 heavy (non-hydrogen) atoms. The lowest BCUT2D eigenvalue weighted by Crippen LogP contribution is -2.38. The van der Waals surface area contributed by atoms with E-state index in [1.165, 1.54) is 0 Å². The molecule has 0 bridgehead atoms. The van der Waals surface area contributed by atoms with E-state index in [0.717, 1.165) is 27.9 Å². The molecule has 1 aliphatic rings. The van der Waals surface area contributed by atoms with Crippen LogP contribution in [0.5, 0.6) is 5.75 Å². The summed E-state index contributed by atoms with van der Waals surface area (Å²) in [5.41, 5.74) is 5.64. The van der Waals surface area contributed by atoms with E-state index in [-0.39, 0.29) is 37.5 Å². The van der Waals surface area contributed by atoms with Gasteiger partial charge in [0.15, 0.2) is 0 Å². The zero-order valence-electron chi connectivity index (χ0n) is 18.3. The van der Waals surface area contributed by atoms with Crippen molar-refractivity contribution in [1.82, 2.24) is 10.3 Å². The van der Waals surface area contributed by atoms with Gasteiger partial charge in [0.1, 0.15) is 12.4 Å². The molecule has 0 fully saturated rings. The van der Waals surface area contributed by atoms with Gasteiger partial charge in [-0.2, -0.15) is 0 Å². The van der Waals surface area contributed by atoms with Crippen molar-refractivity contribution in [2.45, 2.75) is 38.1 Å². The van der Waals surface area contributed by atoms with Crippen LogP contribution in [-0.2, 0) is 16.0 Å². The molecule has 1 aromatic heterocycles. The SMILES string of the molecule is Cc1ccc(O)c(CC(CCC(=O)O)NC(=O)OCC2c3ccccc3-c3ccccc32)n1. The van der Waals surface area contributed by atoms with Crippen molar-refractivity contribution in [3.63, 3.8) is 0 Å². The fourth-order valence-electron chi connectivity index (χ4n) is 4.32. The molecule has 2 aromatic carbocycles. The Bertz CT molecular complexity index is 1130. The number of nitrogens with one attached hydrogen (secondary N) is 1.